The minimum atomic E-state index is -0.0212. The lowest BCUT2D eigenvalue weighted by molar-refractivity contribution is 0.101. The molecule has 1 aromatic rings. The monoisotopic (exact) mass is 289 g/mol. The van der Waals surface area contributed by atoms with Crippen molar-refractivity contribution in [2.75, 3.05) is 13.6 Å². The minimum Gasteiger partial charge on any atom is -0.393 e. The summed E-state index contributed by atoms with van der Waals surface area (Å²) in [4.78, 5) is 0. The molecule has 0 spiro atoms. The normalized spacial score (nSPS) is 23.1. The average molecular weight is 290 g/mol. The quantitative estimate of drug-likeness (QED) is 0.869. The van der Waals surface area contributed by atoms with Crippen molar-refractivity contribution in [3.63, 3.8) is 0 Å². The highest BCUT2D eigenvalue weighted by Gasteiger charge is 2.18. The summed E-state index contributed by atoms with van der Waals surface area (Å²) < 4.78 is 0. The second kappa shape index (κ2) is 8.76. The van der Waals surface area contributed by atoms with Gasteiger partial charge in [-0.05, 0) is 50.9 Å². The van der Waals surface area contributed by atoms with Gasteiger partial charge in [0.15, 0.2) is 0 Å². The van der Waals surface area contributed by atoms with Crippen LogP contribution in [0.5, 0.6) is 0 Å². The lowest BCUT2D eigenvalue weighted by Crippen LogP contribution is -2.27. The molecule has 0 heterocycles. The lowest BCUT2D eigenvalue weighted by Gasteiger charge is -2.25. The summed E-state index contributed by atoms with van der Waals surface area (Å²) in [6.45, 7) is 1.07. The van der Waals surface area contributed by atoms with Crippen LogP contribution in [0.3, 0.4) is 0 Å². The van der Waals surface area contributed by atoms with Crippen LogP contribution in [0.25, 0.3) is 0 Å². The van der Waals surface area contributed by atoms with Gasteiger partial charge in [-0.3, -0.25) is 0 Å². The van der Waals surface area contributed by atoms with Crippen molar-refractivity contribution in [1.29, 1.82) is 0 Å². The highest BCUT2D eigenvalue weighted by molar-refractivity contribution is 6.41. The van der Waals surface area contributed by atoms with E-state index < -0.39 is 0 Å². The number of halogens is 2. The molecule has 0 saturated heterocycles. The first-order chi connectivity index (χ1) is 8.63. The molecule has 4 heteroatoms. The van der Waals surface area contributed by atoms with Crippen molar-refractivity contribution in [3.05, 3.63) is 34.3 Å². The summed E-state index contributed by atoms with van der Waals surface area (Å²) in [6, 6.07) is 7.19. The molecule has 2 unspecified atom stereocenters. The first kappa shape index (κ1) is 15.8. The molecule has 1 aliphatic rings. The molecule has 102 valence electrons. The summed E-state index contributed by atoms with van der Waals surface area (Å²) in [5, 5.41) is 13.6. The molecule has 1 aromatic carbocycles. The molecule has 2 atom stereocenters. The molecule has 18 heavy (non-hydrogen) atoms. The van der Waals surface area contributed by atoms with Crippen LogP contribution in [0.2, 0.25) is 10.0 Å². The topological polar surface area (TPSA) is 32.3 Å². The Kier molecular flexibility index (Phi) is 7.68. The van der Waals surface area contributed by atoms with Crippen LogP contribution in [-0.4, -0.2) is 24.8 Å². The number of aliphatic hydroxyl groups excluding tert-OH is 1. The van der Waals surface area contributed by atoms with Gasteiger partial charge in [0.05, 0.1) is 16.1 Å². The third-order valence-electron chi connectivity index (χ3n) is 3.07. The SMILES string of the molecule is CNCC1CCCC(O)C1.Clc1ccccc1Cl. The molecular formula is C14H21Cl2NO. The zero-order chi connectivity index (χ0) is 13.4. The zero-order valence-electron chi connectivity index (χ0n) is 10.7. The predicted molar refractivity (Wildman–Crippen MR) is 78.4 cm³/mol. The zero-order valence-corrected chi connectivity index (χ0v) is 12.2. The van der Waals surface area contributed by atoms with E-state index in [1.54, 1.807) is 12.1 Å². The summed E-state index contributed by atoms with van der Waals surface area (Å²) in [6.07, 6.45) is 4.49. The molecule has 2 rings (SSSR count). The van der Waals surface area contributed by atoms with Gasteiger partial charge in [-0.1, -0.05) is 41.8 Å². The highest BCUT2D eigenvalue weighted by Crippen LogP contribution is 2.23. The van der Waals surface area contributed by atoms with Gasteiger partial charge < -0.3 is 10.4 Å². The Balaban J connectivity index is 0.000000184. The van der Waals surface area contributed by atoms with Crippen molar-refractivity contribution in [3.8, 4) is 0 Å². The Morgan fingerprint density at radius 3 is 2.28 bits per heavy atom. The average Bonchev–Trinajstić information content (AvgIpc) is 2.34. The number of hydrogen-bond acceptors (Lipinski definition) is 2. The van der Waals surface area contributed by atoms with Crippen LogP contribution in [-0.2, 0) is 0 Å². The summed E-state index contributed by atoms with van der Waals surface area (Å²) in [5.41, 5.74) is 0. The Bertz CT molecular complexity index is 323. The smallest absolute Gasteiger partial charge is 0.0592 e. The van der Waals surface area contributed by atoms with E-state index in [1.165, 1.54) is 12.8 Å². The molecule has 0 aromatic heterocycles. The molecule has 0 amide bonds. The van der Waals surface area contributed by atoms with E-state index in [-0.39, 0.29) is 6.10 Å². The van der Waals surface area contributed by atoms with Crippen LogP contribution < -0.4 is 5.32 Å². The van der Waals surface area contributed by atoms with Crippen molar-refractivity contribution in [1.82, 2.24) is 5.32 Å². The fraction of sp³-hybridized carbons (Fsp3) is 0.571. The predicted octanol–water partition coefficient (Wildman–Crippen LogP) is 3.75. The number of rotatable bonds is 2. The molecule has 0 radical (unpaired) electrons. The molecule has 2 N–H and O–H groups in total. The maximum atomic E-state index is 9.28. The molecule has 2 nitrogen and oxygen atoms in total. The lowest BCUT2D eigenvalue weighted by atomic mass is 9.87. The fourth-order valence-electron chi connectivity index (χ4n) is 2.18. The van der Waals surface area contributed by atoms with Gasteiger partial charge in [-0.25, -0.2) is 0 Å². The van der Waals surface area contributed by atoms with E-state index in [4.69, 9.17) is 23.2 Å². The summed E-state index contributed by atoms with van der Waals surface area (Å²) >= 11 is 11.2. The Morgan fingerprint density at radius 2 is 1.83 bits per heavy atom. The molecule has 0 aliphatic heterocycles. The van der Waals surface area contributed by atoms with Crippen LogP contribution >= 0.6 is 23.2 Å². The highest BCUT2D eigenvalue weighted by atomic mass is 35.5. The maximum Gasteiger partial charge on any atom is 0.0592 e. The van der Waals surface area contributed by atoms with E-state index in [9.17, 15) is 5.11 Å². The fourth-order valence-corrected chi connectivity index (χ4v) is 2.45. The third kappa shape index (κ3) is 6.05. The number of nitrogens with one attached hydrogen (secondary N) is 1. The first-order valence-corrected chi connectivity index (χ1v) is 7.11. The molecule has 1 saturated carbocycles. The summed E-state index contributed by atoms with van der Waals surface area (Å²) in [7, 11) is 1.97. The Labute approximate surface area is 119 Å². The van der Waals surface area contributed by atoms with Crippen LogP contribution in [0, 0.1) is 5.92 Å². The van der Waals surface area contributed by atoms with Gasteiger partial charge in [-0.15, -0.1) is 0 Å². The van der Waals surface area contributed by atoms with Crippen molar-refractivity contribution in [2.24, 2.45) is 5.92 Å². The molecular weight excluding hydrogens is 269 g/mol. The van der Waals surface area contributed by atoms with E-state index in [0.717, 1.165) is 19.4 Å². The second-order valence-electron chi connectivity index (χ2n) is 4.66. The number of aliphatic hydroxyl groups is 1. The maximum absolute atomic E-state index is 9.28. The van der Waals surface area contributed by atoms with Gasteiger partial charge >= 0.3 is 0 Å². The van der Waals surface area contributed by atoms with Crippen molar-refractivity contribution >= 4 is 23.2 Å². The van der Waals surface area contributed by atoms with Crippen LogP contribution in [0.15, 0.2) is 24.3 Å². The summed E-state index contributed by atoms with van der Waals surface area (Å²) in [5.74, 6) is 0.716. The van der Waals surface area contributed by atoms with Gasteiger partial charge in [-0.2, -0.15) is 0 Å². The van der Waals surface area contributed by atoms with Gasteiger partial charge in [0.25, 0.3) is 0 Å². The van der Waals surface area contributed by atoms with E-state index in [1.807, 2.05) is 19.2 Å². The number of benzene rings is 1. The van der Waals surface area contributed by atoms with Crippen LogP contribution in [0.4, 0.5) is 0 Å². The van der Waals surface area contributed by atoms with Gasteiger partial charge in [0.1, 0.15) is 0 Å². The van der Waals surface area contributed by atoms with Crippen molar-refractivity contribution in [2.45, 2.75) is 31.8 Å². The van der Waals surface area contributed by atoms with E-state index >= 15 is 0 Å². The molecule has 0 bridgehead atoms. The first-order valence-electron chi connectivity index (χ1n) is 6.36. The van der Waals surface area contributed by atoms with E-state index in [2.05, 4.69) is 5.32 Å². The van der Waals surface area contributed by atoms with E-state index in [0.29, 0.717) is 16.0 Å². The number of hydrogen-bond donors (Lipinski definition) is 2. The largest absolute Gasteiger partial charge is 0.393 e. The molecule has 1 aliphatic carbocycles. The van der Waals surface area contributed by atoms with Crippen LogP contribution in [0.1, 0.15) is 25.7 Å². The van der Waals surface area contributed by atoms with Gasteiger partial charge in [0, 0.05) is 0 Å². The van der Waals surface area contributed by atoms with Gasteiger partial charge in [0.2, 0.25) is 0 Å². The Morgan fingerprint density at radius 1 is 1.22 bits per heavy atom. The minimum absolute atomic E-state index is 0.0212. The Hall–Kier alpha value is -0.280. The molecule has 1 fully saturated rings. The third-order valence-corrected chi connectivity index (χ3v) is 3.83. The standard InChI is InChI=1S/C8H17NO.C6H4Cl2/c1-9-6-7-3-2-4-8(10)5-7;7-5-3-1-2-4-6(5)8/h7-10H,2-6H2,1H3;1-4H. The second-order valence-corrected chi connectivity index (χ2v) is 5.47. The van der Waals surface area contributed by atoms with Crippen molar-refractivity contribution < 1.29 is 5.11 Å².